The Balaban J connectivity index is 1.72. The van der Waals surface area contributed by atoms with Gasteiger partial charge in [-0.25, -0.2) is 4.39 Å². The molecular weight excluding hydrogens is 285 g/mol. The molecule has 1 atom stereocenters. The van der Waals surface area contributed by atoms with Crippen LogP contribution in [0.2, 0.25) is 0 Å². The molecule has 0 amide bonds. The fourth-order valence-corrected chi connectivity index (χ4v) is 2.43. The normalized spacial score (nSPS) is 19.8. The molecule has 1 unspecified atom stereocenters. The highest BCUT2D eigenvalue weighted by atomic mass is 79.9. The summed E-state index contributed by atoms with van der Waals surface area (Å²) in [4.78, 5) is 0. The summed E-state index contributed by atoms with van der Waals surface area (Å²) in [6.45, 7) is 3.45. The van der Waals surface area contributed by atoms with E-state index in [1.54, 1.807) is 6.07 Å². The van der Waals surface area contributed by atoms with Crippen LogP contribution in [0.15, 0.2) is 22.7 Å². The molecule has 0 saturated carbocycles. The van der Waals surface area contributed by atoms with Gasteiger partial charge in [0.05, 0.1) is 4.47 Å². The third-order valence-electron chi connectivity index (χ3n) is 3.10. The summed E-state index contributed by atoms with van der Waals surface area (Å²) in [5.74, 6) is 0.493. The van der Waals surface area contributed by atoms with E-state index in [2.05, 4.69) is 21.2 Å². The van der Waals surface area contributed by atoms with E-state index in [1.165, 1.54) is 12.5 Å². The van der Waals surface area contributed by atoms with Gasteiger partial charge in [0.2, 0.25) is 0 Å². The van der Waals surface area contributed by atoms with Crippen LogP contribution in [0.4, 0.5) is 4.39 Å². The SMILES string of the molecule is Fc1cccc(CNCCC2CCOC2)c1Br. The van der Waals surface area contributed by atoms with Gasteiger partial charge in [-0.05, 0) is 52.9 Å². The molecule has 2 rings (SSSR count). The monoisotopic (exact) mass is 301 g/mol. The third kappa shape index (κ3) is 3.76. The topological polar surface area (TPSA) is 21.3 Å². The van der Waals surface area contributed by atoms with Crippen molar-refractivity contribution in [3.63, 3.8) is 0 Å². The second-order valence-electron chi connectivity index (χ2n) is 4.41. The molecule has 1 aromatic carbocycles. The molecule has 1 N–H and O–H groups in total. The highest BCUT2D eigenvalue weighted by Crippen LogP contribution is 2.20. The van der Waals surface area contributed by atoms with Gasteiger partial charge in [0.15, 0.2) is 0 Å². The zero-order valence-corrected chi connectivity index (χ0v) is 11.3. The van der Waals surface area contributed by atoms with E-state index in [1.807, 2.05) is 6.07 Å². The average Bonchev–Trinajstić information content (AvgIpc) is 2.83. The number of halogens is 2. The lowest BCUT2D eigenvalue weighted by atomic mass is 10.1. The maximum absolute atomic E-state index is 13.2. The molecule has 1 aromatic rings. The zero-order valence-electron chi connectivity index (χ0n) is 9.72. The summed E-state index contributed by atoms with van der Waals surface area (Å²) in [6.07, 6.45) is 2.30. The molecule has 0 aromatic heterocycles. The minimum absolute atomic E-state index is 0.200. The van der Waals surface area contributed by atoms with Gasteiger partial charge in [0.1, 0.15) is 5.82 Å². The fourth-order valence-electron chi connectivity index (χ4n) is 2.03. The molecule has 0 radical (unpaired) electrons. The second-order valence-corrected chi connectivity index (χ2v) is 5.20. The molecule has 4 heteroatoms. The summed E-state index contributed by atoms with van der Waals surface area (Å²) < 4.78 is 19.1. The Morgan fingerprint density at radius 1 is 1.47 bits per heavy atom. The molecule has 1 aliphatic heterocycles. The molecular formula is C13H17BrFNO. The number of nitrogens with one attached hydrogen (secondary N) is 1. The number of benzene rings is 1. The van der Waals surface area contributed by atoms with E-state index in [0.717, 1.165) is 31.7 Å². The van der Waals surface area contributed by atoms with Crippen LogP contribution in [0.25, 0.3) is 0 Å². The van der Waals surface area contributed by atoms with Crippen molar-refractivity contribution in [3.05, 3.63) is 34.1 Å². The van der Waals surface area contributed by atoms with Crippen LogP contribution in [-0.4, -0.2) is 19.8 Å². The zero-order chi connectivity index (χ0) is 12.1. The van der Waals surface area contributed by atoms with Crippen molar-refractivity contribution in [1.29, 1.82) is 0 Å². The van der Waals surface area contributed by atoms with E-state index >= 15 is 0 Å². The maximum Gasteiger partial charge on any atom is 0.137 e. The number of ether oxygens (including phenoxy) is 1. The van der Waals surface area contributed by atoms with E-state index in [0.29, 0.717) is 16.9 Å². The van der Waals surface area contributed by atoms with Crippen molar-refractivity contribution in [2.45, 2.75) is 19.4 Å². The average molecular weight is 302 g/mol. The highest BCUT2D eigenvalue weighted by molar-refractivity contribution is 9.10. The fraction of sp³-hybridized carbons (Fsp3) is 0.538. The second kappa shape index (κ2) is 6.47. The molecule has 2 nitrogen and oxygen atoms in total. The summed E-state index contributed by atoms with van der Waals surface area (Å²) in [5.41, 5.74) is 0.965. The van der Waals surface area contributed by atoms with E-state index in [-0.39, 0.29) is 5.82 Å². The molecule has 1 saturated heterocycles. The van der Waals surface area contributed by atoms with Crippen LogP contribution < -0.4 is 5.32 Å². The van der Waals surface area contributed by atoms with Crippen molar-refractivity contribution in [2.75, 3.05) is 19.8 Å². The Labute approximate surface area is 110 Å². The minimum Gasteiger partial charge on any atom is -0.381 e. The number of hydrogen-bond acceptors (Lipinski definition) is 2. The van der Waals surface area contributed by atoms with E-state index in [4.69, 9.17) is 4.74 Å². The summed E-state index contributed by atoms with van der Waals surface area (Å²) in [7, 11) is 0. The van der Waals surface area contributed by atoms with Gasteiger partial charge in [0, 0.05) is 19.8 Å². The van der Waals surface area contributed by atoms with Crippen LogP contribution >= 0.6 is 15.9 Å². The predicted octanol–water partition coefficient (Wildman–Crippen LogP) is 3.10. The van der Waals surface area contributed by atoms with Gasteiger partial charge < -0.3 is 10.1 Å². The molecule has 17 heavy (non-hydrogen) atoms. The summed E-state index contributed by atoms with van der Waals surface area (Å²) in [5, 5.41) is 3.34. The quantitative estimate of drug-likeness (QED) is 0.844. The lowest BCUT2D eigenvalue weighted by Gasteiger charge is -2.10. The predicted molar refractivity (Wildman–Crippen MR) is 69.3 cm³/mol. The first-order valence-electron chi connectivity index (χ1n) is 5.98. The smallest absolute Gasteiger partial charge is 0.137 e. The van der Waals surface area contributed by atoms with Crippen LogP contribution in [0.5, 0.6) is 0 Å². The standard InChI is InChI=1S/C13H17BrFNO/c14-13-11(2-1-3-12(13)15)8-16-6-4-10-5-7-17-9-10/h1-3,10,16H,4-9H2. The maximum atomic E-state index is 13.2. The van der Waals surface area contributed by atoms with Crippen LogP contribution in [0, 0.1) is 11.7 Å². The Morgan fingerprint density at radius 3 is 3.12 bits per heavy atom. The number of hydrogen-bond donors (Lipinski definition) is 1. The lowest BCUT2D eigenvalue weighted by Crippen LogP contribution is -2.18. The van der Waals surface area contributed by atoms with E-state index in [9.17, 15) is 4.39 Å². The highest BCUT2D eigenvalue weighted by Gasteiger charge is 2.14. The van der Waals surface area contributed by atoms with Crippen molar-refractivity contribution >= 4 is 15.9 Å². The summed E-state index contributed by atoms with van der Waals surface area (Å²) >= 11 is 3.26. The molecule has 0 spiro atoms. The summed E-state index contributed by atoms with van der Waals surface area (Å²) in [6, 6.07) is 5.13. The minimum atomic E-state index is -0.200. The third-order valence-corrected chi connectivity index (χ3v) is 3.99. The molecule has 0 bridgehead atoms. The van der Waals surface area contributed by atoms with Gasteiger partial charge in [0.25, 0.3) is 0 Å². The Bertz CT molecular complexity index is 366. The van der Waals surface area contributed by atoms with Crippen molar-refractivity contribution in [1.82, 2.24) is 5.32 Å². The number of rotatable bonds is 5. The Kier molecular flexibility index (Phi) is 4.95. The van der Waals surface area contributed by atoms with Crippen molar-refractivity contribution in [3.8, 4) is 0 Å². The largest absolute Gasteiger partial charge is 0.381 e. The molecule has 0 aliphatic carbocycles. The van der Waals surface area contributed by atoms with Gasteiger partial charge in [-0.15, -0.1) is 0 Å². The van der Waals surface area contributed by atoms with Crippen LogP contribution in [0.1, 0.15) is 18.4 Å². The molecule has 1 fully saturated rings. The molecule has 94 valence electrons. The Morgan fingerprint density at radius 2 is 2.35 bits per heavy atom. The Hall–Kier alpha value is -0.450. The lowest BCUT2D eigenvalue weighted by molar-refractivity contribution is 0.184. The first kappa shape index (κ1) is 13.0. The van der Waals surface area contributed by atoms with Gasteiger partial charge in [-0.3, -0.25) is 0 Å². The molecule has 1 heterocycles. The van der Waals surface area contributed by atoms with Gasteiger partial charge in [-0.1, -0.05) is 12.1 Å². The van der Waals surface area contributed by atoms with Crippen molar-refractivity contribution < 1.29 is 9.13 Å². The van der Waals surface area contributed by atoms with E-state index < -0.39 is 0 Å². The molecule has 1 aliphatic rings. The van der Waals surface area contributed by atoms with Gasteiger partial charge >= 0.3 is 0 Å². The van der Waals surface area contributed by atoms with Crippen LogP contribution in [-0.2, 0) is 11.3 Å². The first-order valence-corrected chi connectivity index (χ1v) is 6.78. The first-order chi connectivity index (χ1) is 8.27. The van der Waals surface area contributed by atoms with Crippen LogP contribution in [0.3, 0.4) is 0 Å². The van der Waals surface area contributed by atoms with Gasteiger partial charge in [-0.2, -0.15) is 0 Å². The van der Waals surface area contributed by atoms with Crippen molar-refractivity contribution in [2.24, 2.45) is 5.92 Å².